The predicted octanol–water partition coefficient (Wildman–Crippen LogP) is 1.28. The van der Waals surface area contributed by atoms with E-state index in [0.29, 0.717) is 0 Å². The third-order valence-electron chi connectivity index (χ3n) is 3.38. The van der Waals surface area contributed by atoms with Crippen molar-refractivity contribution in [3.63, 3.8) is 0 Å². The number of sulfonamides is 1. The van der Waals surface area contributed by atoms with E-state index in [9.17, 15) is 13.2 Å². The van der Waals surface area contributed by atoms with Crippen LogP contribution in [0.15, 0.2) is 23.1 Å². The molecule has 2 rings (SSSR count). The monoisotopic (exact) mass is 298 g/mol. The number of hydrogen-bond acceptors (Lipinski definition) is 5. The summed E-state index contributed by atoms with van der Waals surface area (Å²) >= 11 is 0. The van der Waals surface area contributed by atoms with Gasteiger partial charge in [0.15, 0.2) is 0 Å². The zero-order chi connectivity index (χ0) is 14.8. The maximum Gasteiger partial charge on any atom is 0.339 e. The number of benzene rings is 1. The van der Waals surface area contributed by atoms with Gasteiger partial charge in [-0.05, 0) is 31.0 Å². The van der Waals surface area contributed by atoms with Crippen LogP contribution in [0.1, 0.15) is 36.0 Å². The Morgan fingerprint density at radius 3 is 2.60 bits per heavy atom. The van der Waals surface area contributed by atoms with Gasteiger partial charge in [-0.15, -0.1) is 0 Å². The number of esters is 1. The van der Waals surface area contributed by atoms with E-state index in [0.717, 1.165) is 25.7 Å². The van der Waals surface area contributed by atoms with Crippen molar-refractivity contribution in [3.05, 3.63) is 23.8 Å². The van der Waals surface area contributed by atoms with E-state index in [4.69, 9.17) is 5.73 Å². The number of carbonyl (C=O) groups excluding carboxylic acids is 1. The fourth-order valence-electron chi connectivity index (χ4n) is 2.37. The molecule has 0 unspecified atom stereocenters. The molecule has 7 heteroatoms. The predicted molar refractivity (Wildman–Crippen MR) is 74.8 cm³/mol. The van der Waals surface area contributed by atoms with E-state index in [1.165, 1.54) is 25.3 Å². The summed E-state index contributed by atoms with van der Waals surface area (Å²) in [5.74, 6) is -0.697. The Labute approximate surface area is 118 Å². The second-order valence-corrected chi connectivity index (χ2v) is 6.53. The Morgan fingerprint density at radius 2 is 2.00 bits per heavy atom. The smallest absolute Gasteiger partial charge is 0.339 e. The van der Waals surface area contributed by atoms with Gasteiger partial charge in [0.2, 0.25) is 10.0 Å². The Balaban J connectivity index is 2.38. The minimum Gasteiger partial charge on any atom is -0.465 e. The normalized spacial score (nSPS) is 16.2. The van der Waals surface area contributed by atoms with Gasteiger partial charge in [-0.3, -0.25) is 0 Å². The van der Waals surface area contributed by atoms with Crippen molar-refractivity contribution >= 4 is 21.7 Å². The molecule has 0 heterocycles. The van der Waals surface area contributed by atoms with Crippen molar-refractivity contribution in [2.45, 2.75) is 36.6 Å². The minimum absolute atomic E-state index is 0.00723. The van der Waals surface area contributed by atoms with Gasteiger partial charge in [0.25, 0.3) is 0 Å². The topological polar surface area (TPSA) is 98.5 Å². The molecule has 110 valence electrons. The Hall–Kier alpha value is -1.60. The molecule has 0 atom stereocenters. The van der Waals surface area contributed by atoms with Gasteiger partial charge in [-0.2, -0.15) is 0 Å². The van der Waals surface area contributed by atoms with Crippen molar-refractivity contribution in [1.29, 1.82) is 0 Å². The molecule has 0 aliphatic heterocycles. The first kappa shape index (κ1) is 14.8. The maximum absolute atomic E-state index is 12.4. The molecule has 1 aromatic rings. The summed E-state index contributed by atoms with van der Waals surface area (Å²) in [6, 6.07) is 4.04. The standard InChI is InChI=1S/C13H18N2O4S/c1-19-13(16)11-7-6-9(14)8-12(11)20(17,18)15-10-4-2-3-5-10/h6-8,10,15H,2-5,14H2,1H3. The lowest BCUT2D eigenvalue weighted by Gasteiger charge is -2.15. The van der Waals surface area contributed by atoms with Crippen molar-refractivity contribution < 1.29 is 17.9 Å². The first-order valence-corrected chi connectivity index (χ1v) is 7.92. The van der Waals surface area contributed by atoms with Crippen LogP contribution >= 0.6 is 0 Å². The summed E-state index contributed by atoms with van der Waals surface area (Å²) in [5, 5.41) is 0. The second kappa shape index (κ2) is 5.80. The summed E-state index contributed by atoms with van der Waals surface area (Å²) in [4.78, 5) is 11.5. The number of nitrogen functional groups attached to an aromatic ring is 1. The number of rotatable bonds is 4. The van der Waals surface area contributed by atoms with Gasteiger partial charge in [-0.1, -0.05) is 12.8 Å². The SMILES string of the molecule is COC(=O)c1ccc(N)cc1S(=O)(=O)NC1CCCC1. The summed E-state index contributed by atoms with van der Waals surface area (Å²) in [7, 11) is -2.57. The molecule has 1 saturated carbocycles. The highest BCUT2D eigenvalue weighted by Gasteiger charge is 2.27. The summed E-state index contributed by atoms with van der Waals surface area (Å²) in [6.07, 6.45) is 3.64. The highest BCUT2D eigenvalue weighted by molar-refractivity contribution is 7.89. The number of carbonyl (C=O) groups is 1. The first-order valence-electron chi connectivity index (χ1n) is 6.44. The van der Waals surface area contributed by atoms with Crippen LogP contribution in [0.2, 0.25) is 0 Å². The van der Waals surface area contributed by atoms with Crippen molar-refractivity contribution in [1.82, 2.24) is 4.72 Å². The number of hydrogen-bond donors (Lipinski definition) is 2. The largest absolute Gasteiger partial charge is 0.465 e. The number of nitrogens with one attached hydrogen (secondary N) is 1. The molecule has 20 heavy (non-hydrogen) atoms. The maximum atomic E-state index is 12.4. The van der Waals surface area contributed by atoms with E-state index >= 15 is 0 Å². The third-order valence-corrected chi connectivity index (χ3v) is 4.94. The van der Waals surface area contributed by atoms with Crippen LogP contribution in [0.3, 0.4) is 0 Å². The van der Waals surface area contributed by atoms with Gasteiger partial charge in [0.05, 0.1) is 17.6 Å². The van der Waals surface area contributed by atoms with E-state index in [-0.39, 0.29) is 22.2 Å². The van der Waals surface area contributed by atoms with Gasteiger partial charge in [0, 0.05) is 11.7 Å². The van der Waals surface area contributed by atoms with Crippen LogP contribution in [-0.4, -0.2) is 27.5 Å². The van der Waals surface area contributed by atoms with E-state index < -0.39 is 16.0 Å². The molecule has 6 nitrogen and oxygen atoms in total. The second-order valence-electron chi connectivity index (χ2n) is 4.85. The number of ether oxygens (including phenoxy) is 1. The van der Waals surface area contributed by atoms with Crippen molar-refractivity contribution in [2.24, 2.45) is 0 Å². The minimum atomic E-state index is -3.78. The number of methoxy groups -OCH3 is 1. The van der Waals surface area contributed by atoms with Gasteiger partial charge in [0.1, 0.15) is 0 Å². The van der Waals surface area contributed by atoms with Gasteiger partial charge < -0.3 is 10.5 Å². The molecule has 1 fully saturated rings. The molecule has 0 radical (unpaired) electrons. The zero-order valence-electron chi connectivity index (χ0n) is 11.3. The van der Waals surface area contributed by atoms with Crippen LogP contribution in [0.25, 0.3) is 0 Å². The van der Waals surface area contributed by atoms with Gasteiger partial charge in [-0.25, -0.2) is 17.9 Å². The molecule has 0 amide bonds. The Morgan fingerprint density at radius 1 is 1.35 bits per heavy atom. The Kier molecular flexibility index (Phi) is 4.29. The number of nitrogens with two attached hydrogens (primary N) is 1. The molecule has 0 bridgehead atoms. The average Bonchev–Trinajstić information content (AvgIpc) is 2.90. The highest BCUT2D eigenvalue weighted by atomic mass is 32.2. The first-order chi connectivity index (χ1) is 9.44. The molecule has 3 N–H and O–H groups in total. The quantitative estimate of drug-likeness (QED) is 0.644. The zero-order valence-corrected chi connectivity index (χ0v) is 12.1. The summed E-state index contributed by atoms with van der Waals surface area (Å²) in [6.45, 7) is 0. The van der Waals surface area contributed by atoms with Crippen LogP contribution in [0.5, 0.6) is 0 Å². The molecule has 1 aromatic carbocycles. The number of anilines is 1. The molecule has 0 aromatic heterocycles. The lowest BCUT2D eigenvalue weighted by Crippen LogP contribution is -2.33. The highest BCUT2D eigenvalue weighted by Crippen LogP contribution is 2.24. The van der Waals surface area contributed by atoms with Crippen LogP contribution in [-0.2, 0) is 14.8 Å². The lowest BCUT2D eigenvalue weighted by atomic mass is 10.2. The average molecular weight is 298 g/mol. The van der Waals surface area contributed by atoms with Crippen LogP contribution in [0.4, 0.5) is 5.69 Å². The van der Waals surface area contributed by atoms with Gasteiger partial charge >= 0.3 is 5.97 Å². The van der Waals surface area contributed by atoms with Crippen molar-refractivity contribution in [2.75, 3.05) is 12.8 Å². The molecular weight excluding hydrogens is 280 g/mol. The summed E-state index contributed by atoms with van der Waals surface area (Å²) in [5.41, 5.74) is 5.90. The van der Waals surface area contributed by atoms with Crippen LogP contribution < -0.4 is 10.5 Å². The lowest BCUT2D eigenvalue weighted by molar-refractivity contribution is 0.0596. The fourth-order valence-corrected chi connectivity index (χ4v) is 3.90. The molecule has 0 spiro atoms. The van der Waals surface area contributed by atoms with E-state index in [2.05, 4.69) is 9.46 Å². The molecular formula is C13H18N2O4S. The molecule has 1 aliphatic carbocycles. The van der Waals surface area contributed by atoms with E-state index in [1.54, 1.807) is 0 Å². The summed E-state index contributed by atoms with van der Waals surface area (Å²) < 4.78 is 32.1. The fraction of sp³-hybridized carbons (Fsp3) is 0.462. The van der Waals surface area contributed by atoms with Crippen LogP contribution in [0, 0.1) is 0 Å². The van der Waals surface area contributed by atoms with Crippen molar-refractivity contribution in [3.8, 4) is 0 Å². The Bertz CT molecular complexity index is 607. The van der Waals surface area contributed by atoms with E-state index in [1.807, 2.05) is 0 Å². The molecule has 0 saturated heterocycles. The third kappa shape index (κ3) is 3.10. The molecule has 1 aliphatic rings.